The quantitative estimate of drug-likeness (QED) is 0.486. The number of aliphatic hydroxyl groups is 1. The van der Waals surface area contributed by atoms with Gasteiger partial charge in [-0.05, 0) is 80.2 Å². The van der Waals surface area contributed by atoms with E-state index in [0.717, 1.165) is 41.5 Å². The van der Waals surface area contributed by atoms with Crippen molar-refractivity contribution in [3.8, 4) is 0 Å². The largest absolute Gasteiger partial charge is 0.511 e. The fourth-order valence-electron chi connectivity index (χ4n) is 5.20. The second kappa shape index (κ2) is 9.35. The molecule has 0 amide bonds. The summed E-state index contributed by atoms with van der Waals surface area (Å²) in [6.07, 6.45) is 3.44. The number of sulfonamides is 1. The molecule has 1 unspecified atom stereocenters. The molecule has 176 valence electrons. The molecule has 1 aromatic rings. The first-order valence-electron chi connectivity index (χ1n) is 11.3. The van der Waals surface area contributed by atoms with E-state index < -0.39 is 10.0 Å². The number of hydrogen-bond acceptors (Lipinski definition) is 6. The van der Waals surface area contributed by atoms with Gasteiger partial charge in [0.15, 0.2) is 5.78 Å². The molecule has 2 aliphatic rings. The van der Waals surface area contributed by atoms with E-state index in [1.807, 2.05) is 27.7 Å². The van der Waals surface area contributed by atoms with Crippen LogP contribution in [0.2, 0.25) is 0 Å². The van der Waals surface area contributed by atoms with Crippen LogP contribution in [0.4, 0.5) is 0 Å². The van der Waals surface area contributed by atoms with Crippen LogP contribution in [0, 0.1) is 13.8 Å². The number of Topliss-reactive ketones (excluding diaryl/α,β-unsaturated/α-hetero) is 1. The molecule has 0 radical (unpaired) electrons. The molecule has 0 spiro atoms. The second-order valence-corrected chi connectivity index (χ2v) is 10.8. The van der Waals surface area contributed by atoms with Gasteiger partial charge in [-0.25, -0.2) is 12.7 Å². The molecule has 0 fully saturated rings. The van der Waals surface area contributed by atoms with Crippen molar-refractivity contribution in [1.29, 1.82) is 0 Å². The lowest BCUT2D eigenvalue weighted by molar-refractivity contribution is -0.116. The molecule has 1 aromatic carbocycles. The van der Waals surface area contributed by atoms with Crippen LogP contribution in [-0.2, 0) is 32.5 Å². The van der Waals surface area contributed by atoms with Gasteiger partial charge >= 0.3 is 0 Å². The standard InChI is InChI=1S/C24H34N2O5S/c1-7-19(25-31-8-2)23-20(27)12-16(13-21(23)28)22-14(3)17-10-9-11-18(17)24(15(22)4)32(29,30)26(5)6/h16,27H,7-13H2,1-6H3. The van der Waals surface area contributed by atoms with Gasteiger partial charge in [-0.3, -0.25) is 4.79 Å². The van der Waals surface area contributed by atoms with Crippen LogP contribution >= 0.6 is 0 Å². The van der Waals surface area contributed by atoms with E-state index in [4.69, 9.17) is 4.84 Å². The van der Waals surface area contributed by atoms with Crippen molar-refractivity contribution in [1.82, 2.24) is 4.31 Å². The maximum atomic E-state index is 13.2. The molecule has 2 aliphatic carbocycles. The first kappa shape index (κ1) is 24.5. The molecule has 0 bridgehead atoms. The smallest absolute Gasteiger partial charge is 0.243 e. The predicted octanol–water partition coefficient (Wildman–Crippen LogP) is 4.10. The van der Waals surface area contributed by atoms with Crippen LogP contribution in [0.25, 0.3) is 0 Å². The highest BCUT2D eigenvalue weighted by Crippen LogP contribution is 2.44. The molecular weight excluding hydrogens is 428 g/mol. The molecule has 0 aromatic heterocycles. The summed E-state index contributed by atoms with van der Waals surface area (Å²) in [6, 6.07) is 0. The lowest BCUT2D eigenvalue weighted by Crippen LogP contribution is -2.27. The Morgan fingerprint density at radius 3 is 2.34 bits per heavy atom. The van der Waals surface area contributed by atoms with E-state index in [-0.39, 0.29) is 35.9 Å². The average molecular weight is 463 g/mol. The fraction of sp³-hybridized carbons (Fsp3) is 0.583. The zero-order valence-corrected chi connectivity index (χ0v) is 20.7. The molecule has 0 heterocycles. The van der Waals surface area contributed by atoms with Crippen LogP contribution in [0.3, 0.4) is 0 Å². The number of fused-ring (bicyclic) bond motifs is 1. The summed E-state index contributed by atoms with van der Waals surface area (Å²) in [5.74, 6) is -0.461. The molecule has 0 aliphatic heterocycles. The highest BCUT2D eigenvalue weighted by atomic mass is 32.2. The van der Waals surface area contributed by atoms with Gasteiger partial charge in [-0.2, -0.15) is 0 Å². The monoisotopic (exact) mass is 462 g/mol. The fourth-order valence-corrected chi connectivity index (χ4v) is 6.60. The van der Waals surface area contributed by atoms with Gasteiger partial charge in [0.25, 0.3) is 0 Å². The number of hydrogen-bond donors (Lipinski definition) is 1. The molecule has 32 heavy (non-hydrogen) atoms. The molecule has 0 saturated carbocycles. The van der Waals surface area contributed by atoms with Crippen molar-refractivity contribution in [3.63, 3.8) is 0 Å². The van der Waals surface area contributed by atoms with E-state index in [1.165, 1.54) is 4.31 Å². The van der Waals surface area contributed by atoms with E-state index in [9.17, 15) is 18.3 Å². The zero-order valence-electron chi connectivity index (χ0n) is 19.9. The van der Waals surface area contributed by atoms with Crippen LogP contribution in [-0.4, -0.2) is 50.0 Å². The molecule has 3 rings (SSSR count). The summed E-state index contributed by atoms with van der Waals surface area (Å²) in [5, 5.41) is 14.9. The molecule has 0 saturated heterocycles. The summed E-state index contributed by atoms with van der Waals surface area (Å²) >= 11 is 0. The van der Waals surface area contributed by atoms with Gasteiger partial charge in [0.05, 0.1) is 16.2 Å². The van der Waals surface area contributed by atoms with E-state index >= 15 is 0 Å². The number of carbonyl (C=O) groups is 1. The number of ketones is 1. The first-order chi connectivity index (χ1) is 15.1. The van der Waals surface area contributed by atoms with Gasteiger partial charge in [0, 0.05) is 26.9 Å². The summed E-state index contributed by atoms with van der Waals surface area (Å²) in [4.78, 5) is 18.6. The Balaban J connectivity index is 2.16. The van der Waals surface area contributed by atoms with Crippen molar-refractivity contribution in [2.75, 3.05) is 20.7 Å². The third kappa shape index (κ3) is 4.10. The Morgan fingerprint density at radius 1 is 1.12 bits per heavy atom. The van der Waals surface area contributed by atoms with Crippen molar-refractivity contribution in [3.05, 3.63) is 39.1 Å². The molecule has 8 heteroatoms. The van der Waals surface area contributed by atoms with Gasteiger partial charge in [0.2, 0.25) is 10.0 Å². The van der Waals surface area contributed by atoms with Crippen molar-refractivity contribution < 1.29 is 23.2 Å². The number of aliphatic hydroxyl groups excluding tert-OH is 1. The zero-order chi connectivity index (χ0) is 23.8. The topological polar surface area (TPSA) is 96.3 Å². The van der Waals surface area contributed by atoms with Crippen LogP contribution in [0.15, 0.2) is 21.4 Å². The Labute approximate surface area is 191 Å². The number of oxime groups is 1. The summed E-state index contributed by atoms with van der Waals surface area (Å²) in [7, 11) is -0.546. The minimum absolute atomic E-state index is 0.00266. The molecule has 1 atom stereocenters. The lowest BCUT2D eigenvalue weighted by atomic mass is 9.77. The first-order valence-corrected chi connectivity index (χ1v) is 12.7. The number of allylic oxidation sites excluding steroid dienone is 2. The SMILES string of the molecule is CCON=C(CC)C1=C(O)CC(c2c(C)c3c(c(S(=O)(=O)N(C)C)c2C)CCC3)CC1=O. The number of carbonyl (C=O) groups excluding carboxylic acids is 1. The maximum absolute atomic E-state index is 13.2. The average Bonchev–Trinajstić information content (AvgIpc) is 3.19. The van der Waals surface area contributed by atoms with E-state index in [2.05, 4.69) is 5.16 Å². The Morgan fingerprint density at radius 2 is 1.78 bits per heavy atom. The molecular formula is C24H34N2O5S. The third-order valence-electron chi connectivity index (χ3n) is 6.61. The third-order valence-corrected chi connectivity index (χ3v) is 8.64. The van der Waals surface area contributed by atoms with Crippen molar-refractivity contribution in [2.24, 2.45) is 5.16 Å². The molecule has 1 N–H and O–H groups in total. The summed E-state index contributed by atoms with van der Waals surface area (Å²) in [6.45, 7) is 7.91. The number of rotatable bonds is 7. The Hall–Kier alpha value is -2.19. The molecule has 7 nitrogen and oxygen atoms in total. The Kier molecular flexibility index (Phi) is 7.15. The minimum Gasteiger partial charge on any atom is -0.511 e. The number of nitrogens with zero attached hydrogens (tertiary/aromatic N) is 2. The Bertz CT molecular complexity index is 1100. The van der Waals surface area contributed by atoms with Crippen LogP contribution in [0.5, 0.6) is 0 Å². The van der Waals surface area contributed by atoms with E-state index in [1.54, 1.807) is 14.1 Å². The second-order valence-electron chi connectivity index (χ2n) is 8.75. The summed E-state index contributed by atoms with van der Waals surface area (Å²) in [5.41, 5.74) is 5.33. The van der Waals surface area contributed by atoms with Crippen LogP contribution < -0.4 is 0 Å². The summed E-state index contributed by atoms with van der Waals surface area (Å²) < 4.78 is 27.7. The van der Waals surface area contributed by atoms with Gasteiger partial charge in [0.1, 0.15) is 12.4 Å². The minimum atomic E-state index is -3.64. The highest BCUT2D eigenvalue weighted by Gasteiger charge is 2.37. The van der Waals surface area contributed by atoms with Crippen LogP contribution in [0.1, 0.15) is 73.3 Å². The van der Waals surface area contributed by atoms with Crippen molar-refractivity contribution >= 4 is 21.5 Å². The van der Waals surface area contributed by atoms with Crippen molar-refractivity contribution in [2.45, 2.75) is 77.0 Å². The predicted molar refractivity (Wildman–Crippen MR) is 125 cm³/mol. The van der Waals surface area contributed by atoms with Gasteiger partial charge in [-0.1, -0.05) is 12.1 Å². The lowest BCUT2D eigenvalue weighted by Gasteiger charge is -2.30. The maximum Gasteiger partial charge on any atom is 0.243 e. The van der Waals surface area contributed by atoms with Gasteiger partial charge < -0.3 is 9.94 Å². The normalized spacial score (nSPS) is 19.7. The van der Waals surface area contributed by atoms with E-state index in [0.29, 0.717) is 29.2 Å². The van der Waals surface area contributed by atoms with Gasteiger partial charge in [-0.15, -0.1) is 0 Å². The highest BCUT2D eigenvalue weighted by molar-refractivity contribution is 7.89. The number of benzene rings is 1.